The molecule has 0 heterocycles. The fourth-order valence-electron chi connectivity index (χ4n) is 2.64. The van der Waals surface area contributed by atoms with Crippen molar-refractivity contribution in [3.05, 3.63) is 71.3 Å². The van der Waals surface area contributed by atoms with Crippen LogP contribution in [0.15, 0.2) is 48.5 Å². The Morgan fingerprint density at radius 1 is 1.00 bits per heavy atom. The third-order valence-electron chi connectivity index (χ3n) is 3.91. The monoisotopic (exact) mass is 287 g/mol. The Hall–Kier alpha value is -1.74. The van der Waals surface area contributed by atoms with Crippen molar-refractivity contribution in [3.63, 3.8) is 0 Å². The molecule has 3 heteroatoms. The second kappa shape index (κ2) is 6.35. The van der Waals surface area contributed by atoms with Crippen LogP contribution in [0.5, 0.6) is 0 Å². The van der Waals surface area contributed by atoms with E-state index in [0.717, 1.165) is 12.6 Å². The van der Waals surface area contributed by atoms with Crippen molar-refractivity contribution in [3.8, 4) is 0 Å². The van der Waals surface area contributed by atoms with Gasteiger partial charge in [0.05, 0.1) is 0 Å². The van der Waals surface area contributed by atoms with Crippen LogP contribution in [0.2, 0.25) is 0 Å². The Bertz CT molecular complexity index is 573. The van der Waals surface area contributed by atoms with E-state index in [2.05, 4.69) is 17.4 Å². The van der Waals surface area contributed by atoms with Gasteiger partial charge in [-0.2, -0.15) is 0 Å². The first-order valence-electron chi connectivity index (χ1n) is 7.44. The van der Waals surface area contributed by atoms with Gasteiger partial charge in [0.25, 0.3) is 0 Å². The maximum Gasteiger partial charge on any atom is 0.126 e. The Balaban J connectivity index is 1.77. The van der Waals surface area contributed by atoms with Gasteiger partial charge >= 0.3 is 0 Å². The molecule has 0 radical (unpaired) electrons. The second-order valence-electron chi connectivity index (χ2n) is 5.77. The van der Waals surface area contributed by atoms with Crippen LogP contribution in [-0.2, 0) is 6.42 Å². The summed E-state index contributed by atoms with van der Waals surface area (Å²) in [4.78, 5) is 0. The molecule has 0 aliphatic heterocycles. The molecule has 110 valence electrons. The van der Waals surface area contributed by atoms with Crippen LogP contribution in [0.1, 0.15) is 29.9 Å². The number of hydrogen-bond acceptors (Lipinski definition) is 1. The Morgan fingerprint density at radius 3 is 2.29 bits per heavy atom. The zero-order chi connectivity index (χ0) is 14.7. The van der Waals surface area contributed by atoms with E-state index < -0.39 is 11.6 Å². The number of nitrogens with one attached hydrogen (secondary N) is 1. The van der Waals surface area contributed by atoms with Gasteiger partial charge in [-0.3, -0.25) is 0 Å². The standard InChI is InChI=1S/C18H19F2N/c19-16-9-13(10-17(20)11-16)8-15(12-21-18-6-7-18)14-4-2-1-3-5-14/h1-5,9-11,15,18,21H,6-8,12H2. The van der Waals surface area contributed by atoms with Gasteiger partial charge in [-0.25, -0.2) is 8.78 Å². The van der Waals surface area contributed by atoms with Crippen molar-refractivity contribution in [2.45, 2.75) is 31.2 Å². The SMILES string of the molecule is Fc1cc(F)cc(CC(CNC2CC2)c2ccccc2)c1. The number of benzene rings is 2. The summed E-state index contributed by atoms with van der Waals surface area (Å²) in [6.45, 7) is 0.840. The third kappa shape index (κ3) is 4.11. The minimum atomic E-state index is -0.507. The highest BCUT2D eigenvalue weighted by molar-refractivity contribution is 5.25. The summed E-state index contributed by atoms with van der Waals surface area (Å²) in [7, 11) is 0. The molecule has 1 nitrogen and oxygen atoms in total. The molecule has 1 fully saturated rings. The van der Waals surface area contributed by atoms with E-state index in [9.17, 15) is 8.78 Å². The normalized spacial score (nSPS) is 15.9. The summed E-state index contributed by atoms with van der Waals surface area (Å²) in [6, 6.07) is 14.5. The smallest absolute Gasteiger partial charge is 0.126 e. The van der Waals surface area contributed by atoms with Gasteiger partial charge in [0.2, 0.25) is 0 Å². The van der Waals surface area contributed by atoms with Crippen LogP contribution in [0.25, 0.3) is 0 Å². The molecule has 1 atom stereocenters. The van der Waals surface area contributed by atoms with Gasteiger partial charge in [0.15, 0.2) is 0 Å². The molecule has 2 aromatic rings. The first kappa shape index (κ1) is 14.2. The summed E-state index contributed by atoms with van der Waals surface area (Å²) in [5, 5.41) is 3.52. The zero-order valence-electron chi connectivity index (χ0n) is 11.9. The number of halogens is 2. The van der Waals surface area contributed by atoms with E-state index in [1.807, 2.05) is 18.2 Å². The third-order valence-corrected chi connectivity index (χ3v) is 3.91. The van der Waals surface area contributed by atoms with Gasteiger partial charge in [-0.1, -0.05) is 30.3 Å². The van der Waals surface area contributed by atoms with Gasteiger partial charge in [-0.15, -0.1) is 0 Å². The predicted octanol–water partition coefficient (Wildman–Crippen LogP) is 4.04. The van der Waals surface area contributed by atoms with Crippen molar-refractivity contribution >= 4 is 0 Å². The summed E-state index contributed by atoms with van der Waals surface area (Å²) < 4.78 is 26.7. The molecule has 1 saturated carbocycles. The highest BCUT2D eigenvalue weighted by atomic mass is 19.1. The van der Waals surface area contributed by atoms with Crippen LogP contribution in [-0.4, -0.2) is 12.6 Å². The molecule has 1 aliphatic rings. The van der Waals surface area contributed by atoms with Crippen LogP contribution >= 0.6 is 0 Å². The van der Waals surface area contributed by atoms with Crippen molar-refractivity contribution in [1.82, 2.24) is 5.32 Å². The molecular formula is C18H19F2N. The Labute approximate surface area is 124 Å². The Kier molecular flexibility index (Phi) is 4.30. The maximum atomic E-state index is 13.3. The Morgan fingerprint density at radius 2 is 1.67 bits per heavy atom. The van der Waals surface area contributed by atoms with E-state index in [4.69, 9.17) is 0 Å². The van der Waals surface area contributed by atoms with Crippen molar-refractivity contribution in [2.75, 3.05) is 6.54 Å². The van der Waals surface area contributed by atoms with E-state index in [1.165, 1.54) is 30.5 Å². The topological polar surface area (TPSA) is 12.0 Å². The molecule has 3 rings (SSSR count). The number of hydrogen-bond donors (Lipinski definition) is 1. The average molecular weight is 287 g/mol. The van der Waals surface area contributed by atoms with Gasteiger partial charge in [0.1, 0.15) is 11.6 Å². The fourth-order valence-corrected chi connectivity index (χ4v) is 2.64. The zero-order valence-corrected chi connectivity index (χ0v) is 11.9. The second-order valence-corrected chi connectivity index (χ2v) is 5.77. The van der Waals surface area contributed by atoms with Crippen LogP contribution in [0.4, 0.5) is 8.78 Å². The van der Waals surface area contributed by atoms with Gasteiger partial charge < -0.3 is 5.32 Å². The molecule has 1 aliphatic carbocycles. The van der Waals surface area contributed by atoms with Gasteiger partial charge in [0, 0.05) is 24.6 Å². The minimum Gasteiger partial charge on any atom is -0.313 e. The molecule has 2 aromatic carbocycles. The minimum absolute atomic E-state index is 0.230. The highest BCUT2D eigenvalue weighted by Crippen LogP contribution is 2.24. The molecule has 1 N–H and O–H groups in total. The molecular weight excluding hydrogens is 268 g/mol. The summed E-state index contributed by atoms with van der Waals surface area (Å²) in [5.74, 6) is -0.785. The van der Waals surface area contributed by atoms with Crippen molar-refractivity contribution < 1.29 is 8.78 Å². The first-order valence-corrected chi connectivity index (χ1v) is 7.44. The van der Waals surface area contributed by atoms with Gasteiger partial charge in [-0.05, 0) is 42.5 Å². The van der Waals surface area contributed by atoms with Crippen LogP contribution in [0.3, 0.4) is 0 Å². The molecule has 21 heavy (non-hydrogen) atoms. The molecule has 0 amide bonds. The molecule has 1 unspecified atom stereocenters. The molecule has 0 aromatic heterocycles. The molecule has 0 saturated heterocycles. The summed E-state index contributed by atoms with van der Waals surface area (Å²) in [5.41, 5.74) is 1.91. The lowest BCUT2D eigenvalue weighted by molar-refractivity contribution is 0.559. The summed E-state index contributed by atoms with van der Waals surface area (Å²) >= 11 is 0. The average Bonchev–Trinajstić information content (AvgIpc) is 3.27. The van der Waals surface area contributed by atoms with E-state index in [-0.39, 0.29) is 5.92 Å². The first-order chi connectivity index (χ1) is 10.2. The van der Waals surface area contributed by atoms with Crippen LogP contribution in [0, 0.1) is 11.6 Å². The molecule has 0 bridgehead atoms. The highest BCUT2D eigenvalue weighted by Gasteiger charge is 2.22. The molecule has 0 spiro atoms. The van der Waals surface area contributed by atoms with Crippen molar-refractivity contribution in [2.24, 2.45) is 0 Å². The predicted molar refractivity (Wildman–Crippen MR) is 80.3 cm³/mol. The van der Waals surface area contributed by atoms with Crippen molar-refractivity contribution in [1.29, 1.82) is 0 Å². The lowest BCUT2D eigenvalue weighted by atomic mass is 9.91. The van der Waals surface area contributed by atoms with E-state index in [1.54, 1.807) is 0 Å². The quantitative estimate of drug-likeness (QED) is 0.845. The van der Waals surface area contributed by atoms with E-state index in [0.29, 0.717) is 18.0 Å². The lowest BCUT2D eigenvalue weighted by Gasteiger charge is -2.18. The largest absolute Gasteiger partial charge is 0.313 e. The summed E-state index contributed by atoms with van der Waals surface area (Å²) in [6.07, 6.45) is 3.10. The lowest BCUT2D eigenvalue weighted by Crippen LogP contribution is -2.24. The fraction of sp³-hybridized carbons (Fsp3) is 0.333. The number of rotatable bonds is 6. The maximum absolute atomic E-state index is 13.3. The van der Waals surface area contributed by atoms with E-state index >= 15 is 0 Å². The van der Waals surface area contributed by atoms with Crippen LogP contribution < -0.4 is 5.32 Å².